The van der Waals surface area contributed by atoms with Crippen LogP contribution in [0, 0.1) is 6.92 Å². The maximum atomic E-state index is 11.9. The van der Waals surface area contributed by atoms with E-state index in [1.807, 2.05) is 55.5 Å². The minimum Gasteiger partial charge on any atom is -0.303 e. The normalized spacial score (nSPS) is 10.9. The van der Waals surface area contributed by atoms with Crippen molar-refractivity contribution < 1.29 is 9.20 Å². The molecule has 3 rings (SSSR count). The van der Waals surface area contributed by atoms with E-state index in [-0.39, 0.29) is 0 Å². The lowest BCUT2D eigenvalue weighted by Crippen LogP contribution is -2.40. The van der Waals surface area contributed by atoms with Crippen molar-refractivity contribution in [2.45, 2.75) is 20.0 Å². The monoisotopic (exact) mass is 330 g/mol. The van der Waals surface area contributed by atoms with Crippen molar-refractivity contribution in [1.29, 1.82) is 0 Å². The summed E-state index contributed by atoms with van der Waals surface area (Å²) in [6, 6.07) is 15.4. The van der Waals surface area contributed by atoms with Crippen LogP contribution in [0.5, 0.6) is 0 Å². The zero-order valence-corrected chi connectivity index (χ0v) is 13.4. The van der Waals surface area contributed by atoms with Crippen molar-refractivity contribution in [3.05, 3.63) is 80.8 Å². The molecular formula is C17H17ClN3O2+. The van der Waals surface area contributed by atoms with Gasteiger partial charge in [0.15, 0.2) is 0 Å². The van der Waals surface area contributed by atoms with Crippen molar-refractivity contribution >= 4 is 11.6 Å². The van der Waals surface area contributed by atoms with E-state index < -0.39 is 5.63 Å². The van der Waals surface area contributed by atoms with E-state index >= 15 is 0 Å². The SMILES string of the molecule is Cc1ccc(-[n+]2[nH]oc(=O)c2CNCc2ccccc2Cl)cc1. The summed E-state index contributed by atoms with van der Waals surface area (Å²) in [5, 5.41) is 6.56. The molecule has 0 aliphatic carbocycles. The summed E-state index contributed by atoms with van der Waals surface area (Å²) in [5.41, 5.74) is 3.09. The Morgan fingerprint density at radius 3 is 2.61 bits per heavy atom. The van der Waals surface area contributed by atoms with Crippen LogP contribution in [-0.2, 0) is 13.1 Å². The molecule has 0 aliphatic rings. The van der Waals surface area contributed by atoms with Crippen molar-refractivity contribution in [2.75, 3.05) is 0 Å². The van der Waals surface area contributed by atoms with Crippen LogP contribution < -0.4 is 15.6 Å². The average Bonchev–Trinajstić information content (AvgIpc) is 2.91. The van der Waals surface area contributed by atoms with Gasteiger partial charge in [0.05, 0.1) is 6.54 Å². The van der Waals surface area contributed by atoms with Crippen LogP contribution in [0.1, 0.15) is 16.8 Å². The highest BCUT2D eigenvalue weighted by Gasteiger charge is 2.22. The highest BCUT2D eigenvalue weighted by molar-refractivity contribution is 6.31. The number of H-pyrrole nitrogens is 1. The molecule has 0 radical (unpaired) electrons. The van der Waals surface area contributed by atoms with E-state index in [0.29, 0.717) is 23.8 Å². The predicted octanol–water partition coefficient (Wildman–Crippen LogP) is 2.50. The Balaban J connectivity index is 1.76. The number of benzene rings is 2. The van der Waals surface area contributed by atoms with Crippen molar-refractivity contribution in [3.8, 4) is 5.69 Å². The minimum absolute atomic E-state index is 0.366. The molecule has 0 bridgehead atoms. The zero-order chi connectivity index (χ0) is 16.2. The molecular weight excluding hydrogens is 314 g/mol. The Morgan fingerprint density at radius 1 is 1.13 bits per heavy atom. The van der Waals surface area contributed by atoms with Crippen LogP contribution in [-0.4, -0.2) is 5.27 Å². The highest BCUT2D eigenvalue weighted by Crippen LogP contribution is 2.14. The first-order valence-electron chi connectivity index (χ1n) is 7.29. The van der Waals surface area contributed by atoms with Crippen molar-refractivity contribution in [2.24, 2.45) is 0 Å². The molecule has 0 fully saturated rings. The number of nitrogens with zero attached hydrogens (tertiary/aromatic N) is 1. The number of rotatable bonds is 5. The van der Waals surface area contributed by atoms with E-state index in [9.17, 15) is 4.79 Å². The Labute approximate surface area is 138 Å². The molecule has 2 aromatic carbocycles. The molecule has 0 saturated carbocycles. The number of hydrogen-bond acceptors (Lipinski definition) is 3. The standard InChI is InChI=1S/C17H16ClN3O2/c1-12-6-8-14(9-7-12)21-16(17(22)23-20-21)11-19-10-13-4-2-3-5-15(13)18/h2-9,19H,10-11H2,1H3/p+1. The Morgan fingerprint density at radius 2 is 1.87 bits per heavy atom. The highest BCUT2D eigenvalue weighted by atomic mass is 35.5. The van der Waals surface area contributed by atoms with Crippen LogP contribution >= 0.6 is 11.6 Å². The molecule has 3 aromatic rings. The molecule has 0 atom stereocenters. The van der Waals surface area contributed by atoms with E-state index in [0.717, 1.165) is 16.8 Å². The molecule has 118 valence electrons. The lowest BCUT2D eigenvalue weighted by molar-refractivity contribution is -0.677. The van der Waals surface area contributed by atoms with Crippen LogP contribution in [0.2, 0.25) is 5.02 Å². The Kier molecular flexibility index (Phi) is 4.60. The van der Waals surface area contributed by atoms with Gasteiger partial charge in [-0.15, -0.1) is 0 Å². The van der Waals surface area contributed by atoms with Crippen LogP contribution in [0.4, 0.5) is 0 Å². The molecule has 1 aromatic heterocycles. The lowest BCUT2D eigenvalue weighted by Gasteiger charge is -2.03. The van der Waals surface area contributed by atoms with Gasteiger partial charge in [0, 0.05) is 23.7 Å². The fraction of sp³-hybridized carbons (Fsp3) is 0.176. The molecule has 0 aliphatic heterocycles. The fourth-order valence-corrected chi connectivity index (χ4v) is 2.51. The van der Waals surface area contributed by atoms with Gasteiger partial charge in [-0.3, -0.25) is 4.52 Å². The molecule has 1 heterocycles. The van der Waals surface area contributed by atoms with E-state index in [1.165, 1.54) is 0 Å². The molecule has 2 N–H and O–H groups in total. The summed E-state index contributed by atoms with van der Waals surface area (Å²) in [4.78, 5) is 11.9. The molecule has 0 spiro atoms. The topological polar surface area (TPSA) is 61.9 Å². The van der Waals surface area contributed by atoms with E-state index in [4.69, 9.17) is 16.1 Å². The predicted molar refractivity (Wildman–Crippen MR) is 87.6 cm³/mol. The van der Waals surface area contributed by atoms with Crippen molar-refractivity contribution in [3.63, 3.8) is 0 Å². The molecule has 0 unspecified atom stereocenters. The van der Waals surface area contributed by atoms with E-state index in [2.05, 4.69) is 10.6 Å². The average molecular weight is 331 g/mol. The number of aromatic amines is 1. The van der Waals surface area contributed by atoms with Crippen LogP contribution in [0.3, 0.4) is 0 Å². The molecule has 0 amide bonds. The summed E-state index contributed by atoms with van der Waals surface area (Å²) in [6.45, 7) is 2.95. The Bertz CT molecular complexity index is 853. The molecule has 6 heteroatoms. The smallest absolute Gasteiger partial charge is 0.303 e. The first kappa shape index (κ1) is 15.5. The number of aryl methyl sites for hydroxylation is 1. The number of halogens is 1. The first-order valence-corrected chi connectivity index (χ1v) is 7.66. The third-order valence-electron chi connectivity index (χ3n) is 3.59. The quantitative estimate of drug-likeness (QED) is 0.707. The summed E-state index contributed by atoms with van der Waals surface area (Å²) in [6.07, 6.45) is 0. The second-order valence-electron chi connectivity index (χ2n) is 5.29. The molecule has 0 saturated heterocycles. The zero-order valence-electron chi connectivity index (χ0n) is 12.7. The third kappa shape index (κ3) is 3.52. The van der Waals surface area contributed by atoms with Gasteiger partial charge in [0.25, 0.3) is 0 Å². The number of hydrogen-bond donors (Lipinski definition) is 2. The van der Waals surface area contributed by atoms with Gasteiger partial charge in [-0.2, -0.15) is 0 Å². The summed E-state index contributed by atoms with van der Waals surface area (Å²) in [5.74, 6) is 0. The van der Waals surface area contributed by atoms with Gasteiger partial charge in [-0.25, -0.2) is 4.79 Å². The summed E-state index contributed by atoms with van der Waals surface area (Å²) in [7, 11) is 0. The molecule has 23 heavy (non-hydrogen) atoms. The van der Waals surface area contributed by atoms with Gasteiger partial charge >= 0.3 is 11.3 Å². The van der Waals surface area contributed by atoms with Gasteiger partial charge in [0.2, 0.25) is 5.69 Å². The van der Waals surface area contributed by atoms with Gasteiger partial charge in [-0.05, 0) is 28.5 Å². The van der Waals surface area contributed by atoms with Crippen LogP contribution in [0.15, 0.2) is 57.8 Å². The second kappa shape index (κ2) is 6.81. The molecule has 5 nitrogen and oxygen atoms in total. The third-order valence-corrected chi connectivity index (χ3v) is 3.96. The first-order chi connectivity index (χ1) is 11.1. The number of aromatic nitrogens is 2. The van der Waals surface area contributed by atoms with Gasteiger partial charge in [-0.1, -0.05) is 47.5 Å². The summed E-state index contributed by atoms with van der Waals surface area (Å²) < 4.78 is 6.56. The lowest BCUT2D eigenvalue weighted by atomic mass is 10.2. The van der Waals surface area contributed by atoms with Gasteiger partial charge in [0.1, 0.15) is 0 Å². The number of nitrogens with one attached hydrogen (secondary N) is 2. The van der Waals surface area contributed by atoms with Crippen LogP contribution in [0.25, 0.3) is 5.69 Å². The minimum atomic E-state index is -0.391. The maximum absolute atomic E-state index is 11.9. The maximum Gasteiger partial charge on any atom is 0.431 e. The fourth-order valence-electron chi connectivity index (χ4n) is 2.30. The Hall–Kier alpha value is -2.37. The van der Waals surface area contributed by atoms with Gasteiger partial charge < -0.3 is 5.32 Å². The van der Waals surface area contributed by atoms with Crippen molar-refractivity contribution in [1.82, 2.24) is 10.6 Å². The largest absolute Gasteiger partial charge is 0.431 e. The van der Waals surface area contributed by atoms with E-state index in [1.54, 1.807) is 4.68 Å². The summed E-state index contributed by atoms with van der Waals surface area (Å²) >= 11 is 6.13. The second-order valence-corrected chi connectivity index (χ2v) is 5.70.